The molecular weight excluding hydrogens is 243 g/mol. The minimum absolute atomic E-state index is 0.109. The molecule has 0 amide bonds. The Bertz CT molecular complexity index is 666. The number of rotatable bonds is 2. The number of fused-ring (bicyclic) bond motifs is 1. The van der Waals surface area contributed by atoms with E-state index in [1.54, 1.807) is 18.2 Å². The molecule has 0 spiro atoms. The highest BCUT2D eigenvalue weighted by atomic mass is 19.1. The zero-order valence-electron chi connectivity index (χ0n) is 10.8. The summed E-state index contributed by atoms with van der Waals surface area (Å²) in [6.07, 6.45) is 4.71. The standard InChI is InChI=1S/C16H15FO2/c1-10-5-7-11(8-6-10)15(18)14-9-12-3-2-4-13(17)16(12)19-14/h2-4,7,9-10H,5-6,8H2,1H3. The second-order valence-electron chi connectivity index (χ2n) is 5.21. The van der Waals surface area contributed by atoms with E-state index in [0.29, 0.717) is 11.3 Å². The van der Waals surface area contributed by atoms with Crippen LogP contribution in [0.2, 0.25) is 0 Å². The molecule has 1 aromatic heterocycles. The summed E-state index contributed by atoms with van der Waals surface area (Å²) >= 11 is 0. The molecule has 0 bridgehead atoms. The van der Waals surface area contributed by atoms with Crippen molar-refractivity contribution in [1.82, 2.24) is 0 Å². The molecule has 0 saturated heterocycles. The van der Waals surface area contributed by atoms with Crippen molar-refractivity contribution < 1.29 is 13.6 Å². The summed E-state index contributed by atoms with van der Waals surface area (Å²) in [6.45, 7) is 2.17. The summed E-state index contributed by atoms with van der Waals surface area (Å²) in [5.74, 6) is 0.330. The molecule has 0 fully saturated rings. The summed E-state index contributed by atoms with van der Waals surface area (Å²) in [5, 5.41) is 0.633. The van der Waals surface area contributed by atoms with Gasteiger partial charge in [0.15, 0.2) is 17.2 Å². The van der Waals surface area contributed by atoms with E-state index in [4.69, 9.17) is 4.42 Å². The van der Waals surface area contributed by atoms with Crippen LogP contribution in [-0.2, 0) is 0 Å². The molecule has 0 aliphatic heterocycles. The Labute approximate surface area is 110 Å². The van der Waals surface area contributed by atoms with Crippen molar-refractivity contribution in [3.05, 3.63) is 47.5 Å². The Kier molecular flexibility index (Phi) is 2.97. The highest BCUT2D eigenvalue weighted by Gasteiger charge is 2.21. The molecule has 0 N–H and O–H groups in total. The van der Waals surface area contributed by atoms with Crippen LogP contribution < -0.4 is 0 Å². The molecule has 2 nitrogen and oxygen atoms in total. The van der Waals surface area contributed by atoms with E-state index in [9.17, 15) is 9.18 Å². The number of benzene rings is 1. The minimum atomic E-state index is -0.428. The zero-order chi connectivity index (χ0) is 13.4. The van der Waals surface area contributed by atoms with Crippen molar-refractivity contribution in [3.63, 3.8) is 0 Å². The van der Waals surface area contributed by atoms with Gasteiger partial charge in [-0.05, 0) is 42.9 Å². The van der Waals surface area contributed by atoms with Crippen LogP contribution in [0.4, 0.5) is 4.39 Å². The average Bonchev–Trinajstić information content (AvgIpc) is 2.84. The van der Waals surface area contributed by atoms with E-state index >= 15 is 0 Å². The second kappa shape index (κ2) is 4.65. The van der Waals surface area contributed by atoms with Gasteiger partial charge < -0.3 is 4.42 Å². The fourth-order valence-electron chi connectivity index (χ4n) is 2.47. The van der Waals surface area contributed by atoms with Gasteiger partial charge in [0.1, 0.15) is 0 Å². The fraction of sp³-hybridized carbons (Fsp3) is 0.312. The molecule has 1 aliphatic carbocycles. The molecule has 98 valence electrons. The predicted octanol–water partition coefficient (Wildman–Crippen LogP) is 4.50. The Morgan fingerprint density at radius 1 is 1.42 bits per heavy atom. The smallest absolute Gasteiger partial charge is 0.223 e. The van der Waals surface area contributed by atoms with Gasteiger partial charge in [0.05, 0.1) is 0 Å². The molecule has 2 aromatic rings. The molecule has 1 aromatic carbocycles. The number of carbonyl (C=O) groups is 1. The summed E-state index contributed by atoms with van der Waals surface area (Å²) in [5.41, 5.74) is 0.952. The molecule has 1 heterocycles. The van der Waals surface area contributed by atoms with Crippen LogP contribution in [0.3, 0.4) is 0 Å². The van der Waals surface area contributed by atoms with Crippen molar-refractivity contribution in [3.8, 4) is 0 Å². The van der Waals surface area contributed by atoms with Gasteiger partial charge in [0.25, 0.3) is 0 Å². The molecular formula is C16H15FO2. The third-order valence-corrected chi connectivity index (χ3v) is 3.68. The van der Waals surface area contributed by atoms with E-state index < -0.39 is 5.82 Å². The summed E-state index contributed by atoms with van der Waals surface area (Å²) in [6, 6.07) is 6.32. The molecule has 3 rings (SSSR count). The summed E-state index contributed by atoms with van der Waals surface area (Å²) in [7, 11) is 0. The van der Waals surface area contributed by atoms with Crippen LogP contribution in [0, 0.1) is 11.7 Å². The monoisotopic (exact) mass is 258 g/mol. The highest BCUT2D eigenvalue weighted by Crippen LogP contribution is 2.28. The van der Waals surface area contributed by atoms with Gasteiger partial charge in [-0.2, -0.15) is 0 Å². The normalized spacial score (nSPS) is 19.5. The topological polar surface area (TPSA) is 30.2 Å². The van der Waals surface area contributed by atoms with Crippen molar-refractivity contribution >= 4 is 16.8 Å². The molecule has 19 heavy (non-hydrogen) atoms. The van der Waals surface area contributed by atoms with Gasteiger partial charge in [-0.25, -0.2) is 4.39 Å². The van der Waals surface area contributed by atoms with Crippen LogP contribution >= 0.6 is 0 Å². The maximum absolute atomic E-state index is 13.5. The van der Waals surface area contributed by atoms with Gasteiger partial charge in [0.2, 0.25) is 5.78 Å². The van der Waals surface area contributed by atoms with Crippen molar-refractivity contribution in [2.45, 2.75) is 26.2 Å². The number of hydrogen-bond donors (Lipinski definition) is 0. The van der Waals surface area contributed by atoms with Crippen molar-refractivity contribution in [1.29, 1.82) is 0 Å². The third kappa shape index (κ3) is 2.21. The highest BCUT2D eigenvalue weighted by molar-refractivity contribution is 6.08. The first kappa shape index (κ1) is 12.2. The van der Waals surface area contributed by atoms with Crippen LogP contribution in [0.1, 0.15) is 36.7 Å². The lowest BCUT2D eigenvalue weighted by molar-refractivity contribution is 0.0999. The first-order valence-electron chi connectivity index (χ1n) is 6.57. The average molecular weight is 258 g/mol. The van der Waals surface area contributed by atoms with Gasteiger partial charge >= 0.3 is 0 Å². The summed E-state index contributed by atoms with van der Waals surface area (Å²) in [4.78, 5) is 12.3. The number of hydrogen-bond acceptors (Lipinski definition) is 2. The largest absolute Gasteiger partial charge is 0.449 e. The van der Waals surface area contributed by atoms with Crippen LogP contribution in [0.25, 0.3) is 11.0 Å². The lowest BCUT2D eigenvalue weighted by atomic mass is 9.89. The summed E-state index contributed by atoms with van der Waals surface area (Å²) < 4.78 is 18.9. The number of para-hydroxylation sites is 1. The lowest BCUT2D eigenvalue weighted by Crippen LogP contribution is -2.09. The van der Waals surface area contributed by atoms with Crippen molar-refractivity contribution in [2.75, 3.05) is 0 Å². The van der Waals surface area contributed by atoms with Gasteiger partial charge in [-0.1, -0.05) is 25.1 Å². The molecule has 0 radical (unpaired) electrons. The van der Waals surface area contributed by atoms with Gasteiger partial charge in [0, 0.05) is 5.39 Å². The van der Waals surface area contributed by atoms with E-state index in [1.165, 1.54) is 6.07 Å². The van der Waals surface area contributed by atoms with Gasteiger partial charge in [-0.15, -0.1) is 0 Å². The van der Waals surface area contributed by atoms with Crippen LogP contribution in [-0.4, -0.2) is 5.78 Å². The molecule has 1 aliphatic rings. The van der Waals surface area contributed by atoms with E-state index in [1.807, 2.05) is 6.08 Å². The first-order chi connectivity index (χ1) is 9.15. The van der Waals surface area contributed by atoms with E-state index in [-0.39, 0.29) is 17.1 Å². The number of halogens is 1. The quantitative estimate of drug-likeness (QED) is 0.742. The van der Waals surface area contributed by atoms with E-state index in [2.05, 4.69) is 6.92 Å². The van der Waals surface area contributed by atoms with Crippen LogP contribution in [0.15, 0.2) is 40.3 Å². The second-order valence-corrected chi connectivity index (χ2v) is 5.21. The minimum Gasteiger partial charge on any atom is -0.449 e. The van der Waals surface area contributed by atoms with Crippen molar-refractivity contribution in [2.24, 2.45) is 5.92 Å². The SMILES string of the molecule is CC1CC=C(C(=O)c2cc3cccc(F)c3o2)CC1. The fourth-order valence-corrected chi connectivity index (χ4v) is 2.47. The number of furan rings is 1. The Balaban J connectivity index is 1.96. The number of Topliss-reactive ketones (excluding diaryl/α,β-unsaturated/α-hetero) is 1. The number of ketones is 1. The van der Waals surface area contributed by atoms with E-state index in [0.717, 1.165) is 24.8 Å². The third-order valence-electron chi connectivity index (χ3n) is 3.68. The molecule has 1 unspecified atom stereocenters. The number of carbonyl (C=O) groups excluding carboxylic acids is 1. The Hall–Kier alpha value is -1.90. The Morgan fingerprint density at radius 3 is 2.95 bits per heavy atom. The molecule has 1 atom stereocenters. The first-order valence-corrected chi connectivity index (χ1v) is 6.57. The molecule has 3 heteroatoms. The lowest BCUT2D eigenvalue weighted by Gasteiger charge is -2.16. The maximum atomic E-state index is 13.5. The molecule has 0 saturated carbocycles. The zero-order valence-corrected chi connectivity index (χ0v) is 10.8. The van der Waals surface area contributed by atoms with Crippen LogP contribution in [0.5, 0.6) is 0 Å². The Morgan fingerprint density at radius 2 is 2.26 bits per heavy atom. The predicted molar refractivity (Wildman–Crippen MR) is 71.6 cm³/mol. The van der Waals surface area contributed by atoms with Gasteiger partial charge in [-0.3, -0.25) is 4.79 Å². The maximum Gasteiger partial charge on any atom is 0.223 e. The number of allylic oxidation sites excluding steroid dienone is 2.